The van der Waals surface area contributed by atoms with Gasteiger partial charge in [0.05, 0.1) is 5.92 Å². The van der Waals surface area contributed by atoms with Gasteiger partial charge in [0.15, 0.2) is 5.78 Å². The molecule has 0 saturated heterocycles. The van der Waals surface area contributed by atoms with Crippen molar-refractivity contribution in [2.24, 2.45) is 0 Å². The molecule has 154 valence electrons. The van der Waals surface area contributed by atoms with Crippen LogP contribution in [-0.2, 0) is 10.2 Å². The Hall–Kier alpha value is -3.40. The van der Waals surface area contributed by atoms with E-state index in [1.807, 2.05) is 45.0 Å². The number of hydrogen-bond acceptors (Lipinski definition) is 4. The van der Waals surface area contributed by atoms with Gasteiger partial charge in [-0.05, 0) is 42.2 Å². The topological polar surface area (TPSA) is 63.6 Å². The molecule has 30 heavy (non-hydrogen) atoms. The Kier molecular flexibility index (Phi) is 6.06. The fraction of sp³-hybridized carbons (Fsp3) is 0.231. The predicted octanol–water partition coefficient (Wildman–Crippen LogP) is 5.63. The molecule has 3 rings (SSSR count). The molecule has 0 amide bonds. The third-order valence-corrected chi connectivity index (χ3v) is 5.03. The fourth-order valence-electron chi connectivity index (χ4n) is 3.23. The van der Waals surface area contributed by atoms with Crippen molar-refractivity contribution >= 4 is 11.8 Å². The summed E-state index contributed by atoms with van der Waals surface area (Å²) in [7, 11) is 0. The van der Waals surface area contributed by atoms with Crippen LogP contribution in [0.3, 0.4) is 0 Å². The maximum atomic E-state index is 12.7. The zero-order valence-corrected chi connectivity index (χ0v) is 17.7. The van der Waals surface area contributed by atoms with Crippen LogP contribution < -0.4 is 4.74 Å². The lowest BCUT2D eigenvalue weighted by Crippen LogP contribution is -2.17. The Balaban J connectivity index is 1.80. The number of carbonyl (C=O) groups excluding carboxylic acids is 2. The first-order valence-electron chi connectivity index (χ1n) is 9.91. The van der Waals surface area contributed by atoms with Crippen LogP contribution in [0.15, 0.2) is 72.8 Å². The fourth-order valence-corrected chi connectivity index (χ4v) is 3.23. The second-order valence-electron chi connectivity index (χ2n) is 8.39. The van der Waals surface area contributed by atoms with Crippen LogP contribution in [-0.4, -0.2) is 16.9 Å². The van der Waals surface area contributed by atoms with Gasteiger partial charge in [0, 0.05) is 16.7 Å². The SMILES string of the molecule is C[C@@H](C(=O)Oc1ccc(O)c(C(C)(C)C)c1)c1cccc(C(=O)c2ccccc2)c1. The summed E-state index contributed by atoms with van der Waals surface area (Å²) in [5.41, 5.74) is 2.25. The van der Waals surface area contributed by atoms with Crippen molar-refractivity contribution in [3.05, 3.63) is 95.1 Å². The van der Waals surface area contributed by atoms with Gasteiger partial charge in [-0.15, -0.1) is 0 Å². The number of ether oxygens (including phenoxy) is 1. The first kappa shape index (κ1) is 21.3. The smallest absolute Gasteiger partial charge is 0.318 e. The molecular weight excluding hydrogens is 376 g/mol. The Morgan fingerprint density at radius 1 is 0.867 bits per heavy atom. The molecule has 0 aliphatic heterocycles. The minimum absolute atomic E-state index is 0.0913. The summed E-state index contributed by atoms with van der Waals surface area (Å²) in [4.78, 5) is 25.4. The van der Waals surface area contributed by atoms with Crippen LogP contribution in [0.2, 0.25) is 0 Å². The molecular formula is C26H26O4. The van der Waals surface area contributed by atoms with Crippen LogP contribution in [0.1, 0.15) is 60.7 Å². The number of phenols is 1. The number of phenolic OH excluding ortho intramolecular Hbond substituents is 1. The molecule has 0 aliphatic carbocycles. The molecule has 0 aliphatic rings. The molecule has 4 heteroatoms. The second kappa shape index (κ2) is 8.54. The van der Waals surface area contributed by atoms with E-state index in [1.165, 1.54) is 6.07 Å². The second-order valence-corrected chi connectivity index (χ2v) is 8.39. The van der Waals surface area contributed by atoms with E-state index in [4.69, 9.17) is 4.74 Å². The van der Waals surface area contributed by atoms with E-state index < -0.39 is 11.9 Å². The summed E-state index contributed by atoms with van der Waals surface area (Å²) < 4.78 is 5.57. The first-order valence-corrected chi connectivity index (χ1v) is 9.91. The third kappa shape index (κ3) is 4.77. The van der Waals surface area contributed by atoms with E-state index in [-0.39, 0.29) is 16.9 Å². The van der Waals surface area contributed by atoms with E-state index in [0.29, 0.717) is 28.0 Å². The molecule has 4 nitrogen and oxygen atoms in total. The summed E-state index contributed by atoms with van der Waals surface area (Å²) >= 11 is 0. The predicted molar refractivity (Wildman–Crippen MR) is 117 cm³/mol. The van der Waals surface area contributed by atoms with Gasteiger partial charge < -0.3 is 9.84 Å². The third-order valence-electron chi connectivity index (χ3n) is 5.03. The van der Waals surface area contributed by atoms with Crippen molar-refractivity contribution in [1.82, 2.24) is 0 Å². The zero-order chi connectivity index (χ0) is 21.9. The normalized spacial score (nSPS) is 12.3. The molecule has 3 aromatic carbocycles. The van der Waals surface area contributed by atoms with Gasteiger partial charge in [-0.1, -0.05) is 69.3 Å². The lowest BCUT2D eigenvalue weighted by Gasteiger charge is -2.21. The van der Waals surface area contributed by atoms with E-state index in [9.17, 15) is 14.7 Å². The minimum atomic E-state index is -0.555. The molecule has 0 bridgehead atoms. The molecule has 3 aromatic rings. The molecule has 0 heterocycles. The highest BCUT2D eigenvalue weighted by Gasteiger charge is 2.22. The average molecular weight is 402 g/mol. The Morgan fingerprint density at radius 3 is 2.20 bits per heavy atom. The highest BCUT2D eigenvalue weighted by atomic mass is 16.5. The first-order chi connectivity index (χ1) is 14.2. The summed E-state index contributed by atoms with van der Waals surface area (Å²) in [6.07, 6.45) is 0. The highest BCUT2D eigenvalue weighted by molar-refractivity contribution is 6.09. The van der Waals surface area contributed by atoms with Crippen molar-refractivity contribution in [2.75, 3.05) is 0 Å². The summed E-state index contributed by atoms with van der Waals surface area (Å²) in [6, 6.07) is 20.9. The number of aromatic hydroxyl groups is 1. The van der Waals surface area contributed by atoms with Gasteiger partial charge in [0.25, 0.3) is 0 Å². The number of carbonyl (C=O) groups is 2. The van der Waals surface area contributed by atoms with Crippen molar-refractivity contribution in [2.45, 2.75) is 39.0 Å². The van der Waals surface area contributed by atoms with Crippen LogP contribution in [0.25, 0.3) is 0 Å². The molecule has 0 unspecified atom stereocenters. The van der Waals surface area contributed by atoms with Gasteiger partial charge in [-0.3, -0.25) is 9.59 Å². The lowest BCUT2D eigenvalue weighted by atomic mass is 9.86. The van der Waals surface area contributed by atoms with Gasteiger partial charge in [0.2, 0.25) is 0 Å². The van der Waals surface area contributed by atoms with Crippen molar-refractivity contribution < 1.29 is 19.4 Å². The number of ketones is 1. The summed E-state index contributed by atoms with van der Waals surface area (Å²) in [6.45, 7) is 7.68. The molecule has 0 fully saturated rings. The maximum Gasteiger partial charge on any atom is 0.318 e. The van der Waals surface area contributed by atoms with E-state index in [2.05, 4.69) is 0 Å². The number of hydrogen-bond donors (Lipinski definition) is 1. The van der Waals surface area contributed by atoms with Crippen molar-refractivity contribution in [3.8, 4) is 11.5 Å². The van der Waals surface area contributed by atoms with Crippen molar-refractivity contribution in [1.29, 1.82) is 0 Å². The maximum absolute atomic E-state index is 12.7. The molecule has 1 N–H and O–H groups in total. The van der Waals surface area contributed by atoms with E-state index in [1.54, 1.807) is 49.4 Å². The van der Waals surface area contributed by atoms with Crippen molar-refractivity contribution in [3.63, 3.8) is 0 Å². The molecule has 1 atom stereocenters. The summed E-state index contributed by atoms with van der Waals surface area (Å²) in [5.74, 6) is -0.523. The number of rotatable bonds is 5. The standard InChI is InChI=1S/C26H26O4/c1-17(25(29)30-21-13-14-23(27)22(16-21)26(2,3)4)19-11-8-12-20(15-19)24(28)18-9-6-5-7-10-18/h5-17,27H,1-4H3/t17-/m1/s1. The molecule has 0 aromatic heterocycles. The van der Waals surface area contributed by atoms with Crippen LogP contribution >= 0.6 is 0 Å². The van der Waals surface area contributed by atoms with Crippen LogP contribution in [0.5, 0.6) is 11.5 Å². The Labute approximate surface area is 177 Å². The monoisotopic (exact) mass is 402 g/mol. The largest absolute Gasteiger partial charge is 0.508 e. The van der Waals surface area contributed by atoms with Gasteiger partial charge in [0.1, 0.15) is 11.5 Å². The van der Waals surface area contributed by atoms with Crippen LogP contribution in [0, 0.1) is 0 Å². The van der Waals surface area contributed by atoms with E-state index >= 15 is 0 Å². The molecule has 0 saturated carbocycles. The number of benzene rings is 3. The van der Waals surface area contributed by atoms with Crippen LogP contribution in [0.4, 0.5) is 0 Å². The van der Waals surface area contributed by atoms with Gasteiger partial charge in [-0.25, -0.2) is 0 Å². The molecule has 0 spiro atoms. The quantitative estimate of drug-likeness (QED) is 0.341. The average Bonchev–Trinajstić information content (AvgIpc) is 2.74. The van der Waals surface area contributed by atoms with Gasteiger partial charge in [-0.2, -0.15) is 0 Å². The Morgan fingerprint density at radius 2 is 1.53 bits per heavy atom. The van der Waals surface area contributed by atoms with Gasteiger partial charge >= 0.3 is 5.97 Å². The zero-order valence-electron chi connectivity index (χ0n) is 17.7. The minimum Gasteiger partial charge on any atom is -0.508 e. The van der Waals surface area contributed by atoms with E-state index in [0.717, 1.165) is 0 Å². The number of esters is 1. The summed E-state index contributed by atoms with van der Waals surface area (Å²) in [5, 5.41) is 10.1. The lowest BCUT2D eigenvalue weighted by molar-refractivity contribution is -0.135. The highest BCUT2D eigenvalue weighted by Crippen LogP contribution is 2.34. The molecule has 0 radical (unpaired) electrons. The Bertz CT molecular complexity index is 1060.